The van der Waals surface area contributed by atoms with Crippen molar-refractivity contribution in [1.82, 2.24) is 10.3 Å². The third kappa shape index (κ3) is 3.39. The molecule has 0 amide bonds. The van der Waals surface area contributed by atoms with Crippen molar-refractivity contribution in [2.24, 2.45) is 5.14 Å². The molecule has 0 saturated carbocycles. The normalized spacial score (nSPS) is 17.9. The lowest BCUT2D eigenvalue weighted by molar-refractivity contribution is 0.478. The predicted molar refractivity (Wildman–Crippen MR) is 65.1 cm³/mol. The van der Waals surface area contributed by atoms with Gasteiger partial charge in [0.05, 0.1) is 0 Å². The van der Waals surface area contributed by atoms with E-state index in [-0.39, 0.29) is 4.90 Å². The van der Waals surface area contributed by atoms with Crippen LogP contribution in [0.4, 0.5) is 5.82 Å². The topological polar surface area (TPSA) is 97.1 Å². The average molecular weight is 256 g/mol. The smallest absolute Gasteiger partial charge is 0.239 e. The Hall–Kier alpha value is -1.18. The summed E-state index contributed by atoms with van der Waals surface area (Å²) in [5.74, 6) is 0.685. The Morgan fingerprint density at radius 3 is 2.59 bits per heavy atom. The standard InChI is InChI=1S/C10H16N4O2S/c11-17(15,16)9-1-2-10(13-7-9)14-8-3-5-12-6-4-8/h1-2,7-8,12H,3-6H2,(H,13,14)(H2,11,15,16). The molecule has 2 heterocycles. The fourth-order valence-electron chi connectivity index (χ4n) is 1.81. The molecule has 1 aliphatic heterocycles. The van der Waals surface area contributed by atoms with Gasteiger partial charge in [-0.15, -0.1) is 0 Å². The van der Waals surface area contributed by atoms with Crippen LogP contribution in [-0.2, 0) is 10.0 Å². The van der Waals surface area contributed by atoms with Crippen LogP contribution in [0.15, 0.2) is 23.2 Å². The molecule has 0 unspecified atom stereocenters. The lowest BCUT2D eigenvalue weighted by Crippen LogP contribution is -2.35. The van der Waals surface area contributed by atoms with E-state index in [0.717, 1.165) is 25.9 Å². The number of aromatic nitrogens is 1. The van der Waals surface area contributed by atoms with E-state index < -0.39 is 10.0 Å². The third-order valence-electron chi connectivity index (χ3n) is 2.76. The molecule has 0 aromatic carbocycles. The van der Waals surface area contributed by atoms with Gasteiger partial charge in [0.15, 0.2) is 0 Å². The van der Waals surface area contributed by atoms with E-state index in [2.05, 4.69) is 15.6 Å². The van der Waals surface area contributed by atoms with Gasteiger partial charge in [-0.2, -0.15) is 0 Å². The SMILES string of the molecule is NS(=O)(=O)c1ccc(NC2CCNCC2)nc1. The average Bonchev–Trinajstić information content (AvgIpc) is 2.30. The number of anilines is 1. The largest absolute Gasteiger partial charge is 0.367 e. The summed E-state index contributed by atoms with van der Waals surface area (Å²) in [5, 5.41) is 11.5. The molecular weight excluding hydrogens is 240 g/mol. The summed E-state index contributed by atoms with van der Waals surface area (Å²) in [7, 11) is -3.65. The Bertz CT molecular complexity index is 466. The van der Waals surface area contributed by atoms with Gasteiger partial charge in [-0.05, 0) is 38.1 Å². The van der Waals surface area contributed by atoms with E-state index in [0.29, 0.717) is 11.9 Å². The highest BCUT2D eigenvalue weighted by atomic mass is 32.2. The predicted octanol–water partition coefficient (Wildman–Crippen LogP) is -0.107. The van der Waals surface area contributed by atoms with Crippen LogP contribution in [0.3, 0.4) is 0 Å². The Labute approximate surface area is 101 Å². The molecule has 94 valence electrons. The number of rotatable bonds is 3. The highest BCUT2D eigenvalue weighted by molar-refractivity contribution is 7.89. The maximum atomic E-state index is 11.0. The fraction of sp³-hybridized carbons (Fsp3) is 0.500. The number of pyridine rings is 1. The number of hydrogen-bond donors (Lipinski definition) is 3. The molecule has 6 nitrogen and oxygen atoms in total. The number of hydrogen-bond acceptors (Lipinski definition) is 5. The third-order valence-corrected chi connectivity index (χ3v) is 3.65. The van der Waals surface area contributed by atoms with Crippen molar-refractivity contribution in [3.05, 3.63) is 18.3 Å². The van der Waals surface area contributed by atoms with Crippen molar-refractivity contribution < 1.29 is 8.42 Å². The molecule has 1 aliphatic rings. The van der Waals surface area contributed by atoms with Gasteiger partial charge in [0.25, 0.3) is 0 Å². The summed E-state index contributed by atoms with van der Waals surface area (Å²) < 4.78 is 22.1. The van der Waals surface area contributed by atoms with E-state index in [1.165, 1.54) is 12.3 Å². The maximum absolute atomic E-state index is 11.0. The second-order valence-electron chi connectivity index (χ2n) is 4.09. The maximum Gasteiger partial charge on any atom is 0.239 e. The van der Waals surface area contributed by atoms with Crippen LogP contribution in [0.1, 0.15) is 12.8 Å². The molecular formula is C10H16N4O2S. The molecule has 0 bridgehead atoms. The summed E-state index contributed by atoms with van der Waals surface area (Å²) >= 11 is 0. The summed E-state index contributed by atoms with van der Waals surface area (Å²) in [5.41, 5.74) is 0. The van der Waals surface area contributed by atoms with Crippen molar-refractivity contribution in [3.8, 4) is 0 Å². The summed E-state index contributed by atoms with van der Waals surface area (Å²) in [6.07, 6.45) is 3.36. The Morgan fingerprint density at radius 1 is 1.35 bits per heavy atom. The van der Waals surface area contributed by atoms with Gasteiger partial charge in [-0.1, -0.05) is 0 Å². The van der Waals surface area contributed by atoms with Crippen molar-refractivity contribution >= 4 is 15.8 Å². The number of nitrogens with two attached hydrogens (primary N) is 1. The zero-order valence-corrected chi connectivity index (χ0v) is 10.2. The molecule has 7 heteroatoms. The molecule has 1 fully saturated rings. The van der Waals surface area contributed by atoms with Gasteiger partial charge in [0, 0.05) is 12.2 Å². The van der Waals surface area contributed by atoms with E-state index in [4.69, 9.17) is 5.14 Å². The first kappa shape index (κ1) is 12.3. The molecule has 2 rings (SSSR count). The molecule has 0 aliphatic carbocycles. The summed E-state index contributed by atoms with van der Waals surface area (Å²) in [6.45, 7) is 1.99. The number of sulfonamides is 1. The van der Waals surface area contributed by atoms with E-state index >= 15 is 0 Å². The second-order valence-corrected chi connectivity index (χ2v) is 5.65. The summed E-state index contributed by atoms with van der Waals surface area (Å²) in [4.78, 5) is 4.08. The lowest BCUT2D eigenvalue weighted by atomic mass is 10.1. The zero-order chi connectivity index (χ0) is 12.3. The first-order chi connectivity index (χ1) is 8.05. The molecule has 1 aromatic heterocycles. The van der Waals surface area contributed by atoms with Crippen molar-refractivity contribution in [2.75, 3.05) is 18.4 Å². The van der Waals surface area contributed by atoms with Crippen LogP contribution in [0.5, 0.6) is 0 Å². The number of piperidine rings is 1. The van der Waals surface area contributed by atoms with Gasteiger partial charge in [0.1, 0.15) is 10.7 Å². The van der Waals surface area contributed by atoms with E-state index in [9.17, 15) is 8.42 Å². The Balaban J connectivity index is 2.03. The number of primary sulfonamides is 1. The fourth-order valence-corrected chi connectivity index (χ4v) is 2.27. The summed E-state index contributed by atoms with van der Waals surface area (Å²) in [6, 6.07) is 3.50. The second kappa shape index (κ2) is 4.99. The zero-order valence-electron chi connectivity index (χ0n) is 9.39. The monoisotopic (exact) mass is 256 g/mol. The molecule has 17 heavy (non-hydrogen) atoms. The van der Waals surface area contributed by atoms with Crippen LogP contribution >= 0.6 is 0 Å². The minimum absolute atomic E-state index is 0.0355. The first-order valence-corrected chi connectivity index (χ1v) is 7.06. The Morgan fingerprint density at radius 2 is 2.06 bits per heavy atom. The molecule has 0 spiro atoms. The van der Waals surface area contributed by atoms with Crippen LogP contribution in [-0.4, -0.2) is 32.5 Å². The Kier molecular flexibility index (Phi) is 3.60. The van der Waals surface area contributed by atoms with Gasteiger partial charge < -0.3 is 10.6 Å². The van der Waals surface area contributed by atoms with E-state index in [1.807, 2.05) is 0 Å². The van der Waals surface area contributed by atoms with E-state index in [1.54, 1.807) is 6.07 Å². The minimum atomic E-state index is -3.65. The van der Waals surface area contributed by atoms with Crippen molar-refractivity contribution in [1.29, 1.82) is 0 Å². The van der Waals surface area contributed by atoms with Gasteiger partial charge in [0.2, 0.25) is 10.0 Å². The lowest BCUT2D eigenvalue weighted by Gasteiger charge is -2.24. The first-order valence-electron chi connectivity index (χ1n) is 5.52. The number of nitrogens with one attached hydrogen (secondary N) is 2. The van der Waals surface area contributed by atoms with Gasteiger partial charge >= 0.3 is 0 Å². The van der Waals surface area contributed by atoms with Gasteiger partial charge in [-0.3, -0.25) is 0 Å². The molecule has 0 atom stereocenters. The van der Waals surface area contributed by atoms with Gasteiger partial charge in [-0.25, -0.2) is 18.5 Å². The number of nitrogens with zero attached hydrogens (tertiary/aromatic N) is 1. The quantitative estimate of drug-likeness (QED) is 0.701. The van der Waals surface area contributed by atoms with Crippen LogP contribution < -0.4 is 15.8 Å². The molecule has 0 radical (unpaired) electrons. The molecule has 1 aromatic rings. The molecule has 4 N–H and O–H groups in total. The highest BCUT2D eigenvalue weighted by Gasteiger charge is 2.13. The highest BCUT2D eigenvalue weighted by Crippen LogP contribution is 2.13. The van der Waals surface area contributed by atoms with Crippen molar-refractivity contribution in [2.45, 2.75) is 23.8 Å². The minimum Gasteiger partial charge on any atom is -0.367 e. The van der Waals surface area contributed by atoms with Crippen molar-refractivity contribution in [3.63, 3.8) is 0 Å². The van der Waals surface area contributed by atoms with Crippen LogP contribution in [0.2, 0.25) is 0 Å². The van der Waals surface area contributed by atoms with Crippen LogP contribution in [0.25, 0.3) is 0 Å². The van der Waals surface area contributed by atoms with Crippen LogP contribution in [0, 0.1) is 0 Å². The molecule has 1 saturated heterocycles.